The van der Waals surface area contributed by atoms with Crippen LogP contribution in [0.3, 0.4) is 0 Å². The van der Waals surface area contributed by atoms with Gasteiger partial charge in [0.2, 0.25) is 0 Å². The maximum Gasteiger partial charge on any atom is 0.134 e. The van der Waals surface area contributed by atoms with Gasteiger partial charge in [-0.2, -0.15) is 0 Å². The van der Waals surface area contributed by atoms with Gasteiger partial charge in [0.15, 0.2) is 0 Å². The smallest absolute Gasteiger partial charge is 0.134 e. The molecule has 2 aromatic carbocycles. The predicted molar refractivity (Wildman–Crippen MR) is 58.3 cm³/mol. The summed E-state index contributed by atoms with van der Waals surface area (Å²) in [6, 6.07) is 10.2. The Balaban J connectivity index is 2.58. The van der Waals surface area contributed by atoms with E-state index in [-0.39, 0.29) is 11.6 Å². The van der Waals surface area contributed by atoms with Crippen LogP contribution in [0.25, 0.3) is 11.1 Å². The lowest BCUT2D eigenvalue weighted by molar-refractivity contribution is 0.413. The predicted octanol–water partition coefficient (Wildman–Crippen LogP) is 3.64. The highest BCUT2D eigenvalue weighted by atomic mass is 19.1. The molecule has 2 rings (SSSR count). The standard InChI is InChI=1S/C13H10F2O/c1-16-12-4-2-3-11(15)13(12)9-5-7-10(14)8-6-9/h2-8H,1H3. The van der Waals surface area contributed by atoms with Gasteiger partial charge in [0.05, 0.1) is 12.7 Å². The molecular formula is C13H10F2O. The molecular weight excluding hydrogens is 210 g/mol. The number of methoxy groups -OCH3 is 1. The van der Waals surface area contributed by atoms with E-state index in [4.69, 9.17) is 4.74 Å². The first kappa shape index (κ1) is 10.6. The van der Waals surface area contributed by atoms with Gasteiger partial charge in [-0.25, -0.2) is 8.78 Å². The van der Waals surface area contributed by atoms with E-state index in [9.17, 15) is 8.78 Å². The Morgan fingerprint density at radius 2 is 1.62 bits per heavy atom. The topological polar surface area (TPSA) is 9.23 Å². The molecule has 0 fully saturated rings. The van der Waals surface area contributed by atoms with Gasteiger partial charge >= 0.3 is 0 Å². The van der Waals surface area contributed by atoms with Crippen LogP contribution < -0.4 is 4.74 Å². The summed E-state index contributed by atoms with van der Waals surface area (Å²) < 4.78 is 31.5. The normalized spacial score (nSPS) is 10.2. The maximum atomic E-state index is 13.6. The lowest BCUT2D eigenvalue weighted by Gasteiger charge is -2.09. The Morgan fingerprint density at radius 3 is 2.25 bits per heavy atom. The Kier molecular flexibility index (Phi) is 2.86. The minimum atomic E-state index is -0.383. The van der Waals surface area contributed by atoms with E-state index >= 15 is 0 Å². The second kappa shape index (κ2) is 4.31. The second-order valence-electron chi connectivity index (χ2n) is 3.32. The molecule has 0 unspecified atom stereocenters. The SMILES string of the molecule is COc1cccc(F)c1-c1ccc(F)cc1. The monoisotopic (exact) mass is 220 g/mol. The lowest BCUT2D eigenvalue weighted by Crippen LogP contribution is -1.91. The van der Waals surface area contributed by atoms with E-state index in [0.717, 1.165) is 0 Å². The van der Waals surface area contributed by atoms with Crippen molar-refractivity contribution in [2.45, 2.75) is 0 Å². The Hall–Kier alpha value is -1.90. The van der Waals surface area contributed by atoms with Crippen LogP contribution in [0, 0.1) is 11.6 Å². The summed E-state index contributed by atoms with van der Waals surface area (Å²) in [5, 5.41) is 0. The highest BCUT2D eigenvalue weighted by molar-refractivity contribution is 5.70. The Morgan fingerprint density at radius 1 is 0.938 bits per heavy atom. The summed E-state index contributed by atoms with van der Waals surface area (Å²) in [7, 11) is 1.47. The van der Waals surface area contributed by atoms with Gasteiger partial charge in [-0.3, -0.25) is 0 Å². The van der Waals surface area contributed by atoms with E-state index in [1.807, 2.05) is 0 Å². The van der Waals surface area contributed by atoms with E-state index in [1.165, 1.54) is 37.4 Å². The molecule has 0 bridgehead atoms. The molecule has 16 heavy (non-hydrogen) atoms. The van der Waals surface area contributed by atoms with E-state index < -0.39 is 0 Å². The molecule has 0 aromatic heterocycles. The fraction of sp³-hybridized carbons (Fsp3) is 0.0769. The average Bonchev–Trinajstić information content (AvgIpc) is 2.30. The third-order valence-electron chi connectivity index (χ3n) is 2.33. The maximum absolute atomic E-state index is 13.6. The van der Waals surface area contributed by atoms with Gasteiger partial charge in [0, 0.05) is 0 Å². The van der Waals surface area contributed by atoms with Crippen LogP contribution >= 0.6 is 0 Å². The van der Waals surface area contributed by atoms with Crippen LogP contribution in [-0.4, -0.2) is 7.11 Å². The van der Waals surface area contributed by atoms with Crippen molar-refractivity contribution in [2.75, 3.05) is 7.11 Å². The quantitative estimate of drug-likeness (QED) is 0.750. The van der Waals surface area contributed by atoms with Gasteiger partial charge in [-0.1, -0.05) is 18.2 Å². The largest absolute Gasteiger partial charge is 0.496 e. The number of hydrogen-bond acceptors (Lipinski definition) is 1. The number of hydrogen-bond donors (Lipinski definition) is 0. The fourth-order valence-electron chi connectivity index (χ4n) is 1.57. The Labute approximate surface area is 92.3 Å². The van der Waals surface area contributed by atoms with Crippen molar-refractivity contribution in [3.05, 3.63) is 54.1 Å². The van der Waals surface area contributed by atoms with Crippen molar-refractivity contribution in [3.63, 3.8) is 0 Å². The first-order chi connectivity index (χ1) is 7.72. The Bertz CT molecular complexity index is 492. The molecule has 0 saturated heterocycles. The fourth-order valence-corrected chi connectivity index (χ4v) is 1.57. The van der Waals surface area contributed by atoms with Crippen LogP contribution in [0.5, 0.6) is 5.75 Å². The van der Waals surface area contributed by atoms with Crippen molar-refractivity contribution in [3.8, 4) is 16.9 Å². The summed E-state index contributed by atoms with van der Waals surface area (Å²) in [6.07, 6.45) is 0. The third kappa shape index (κ3) is 1.89. The number of benzene rings is 2. The zero-order valence-electron chi connectivity index (χ0n) is 8.71. The number of halogens is 2. The van der Waals surface area contributed by atoms with Gasteiger partial charge in [-0.05, 0) is 29.8 Å². The first-order valence-electron chi connectivity index (χ1n) is 4.81. The molecule has 1 nitrogen and oxygen atoms in total. The minimum Gasteiger partial charge on any atom is -0.496 e. The highest BCUT2D eigenvalue weighted by Gasteiger charge is 2.10. The second-order valence-corrected chi connectivity index (χ2v) is 3.32. The lowest BCUT2D eigenvalue weighted by atomic mass is 10.0. The molecule has 0 N–H and O–H groups in total. The summed E-state index contributed by atoms with van der Waals surface area (Å²) in [4.78, 5) is 0. The molecule has 2 aromatic rings. The highest BCUT2D eigenvalue weighted by Crippen LogP contribution is 2.32. The van der Waals surface area contributed by atoms with Crippen LogP contribution in [0.15, 0.2) is 42.5 Å². The van der Waals surface area contributed by atoms with E-state index in [2.05, 4.69) is 0 Å². The molecule has 0 aliphatic carbocycles. The van der Waals surface area contributed by atoms with Crippen molar-refractivity contribution >= 4 is 0 Å². The molecule has 0 aliphatic rings. The molecule has 0 saturated carbocycles. The first-order valence-corrected chi connectivity index (χ1v) is 4.81. The summed E-state index contributed by atoms with van der Waals surface area (Å²) in [5.74, 6) is -0.295. The van der Waals surface area contributed by atoms with Gasteiger partial charge in [0.1, 0.15) is 17.4 Å². The minimum absolute atomic E-state index is 0.348. The van der Waals surface area contributed by atoms with Crippen LogP contribution in [-0.2, 0) is 0 Å². The van der Waals surface area contributed by atoms with Crippen molar-refractivity contribution in [1.29, 1.82) is 0 Å². The van der Waals surface area contributed by atoms with Crippen molar-refractivity contribution < 1.29 is 13.5 Å². The molecule has 0 spiro atoms. The summed E-state index contributed by atoms with van der Waals surface area (Å²) in [6.45, 7) is 0. The molecule has 0 heterocycles. The zero-order valence-corrected chi connectivity index (χ0v) is 8.71. The average molecular weight is 220 g/mol. The zero-order chi connectivity index (χ0) is 11.5. The van der Waals surface area contributed by atoms with Crippen LogP contribution in [0.4, 0.5) is 8.78 Å². The molecule has 0 radical (unpaired) electrons. The molecule has 0 aliphatic heterocycles. The third-order valence-corrected chi connectivity index (χ3v) is 2.33. The van der Waals surface area contributed by atoms with Crippen LogP contribution in [0.2, 0.25) is 0 Å². The van der Waals surface area contributed by atoms with Gasteiger partial charge in [-0.15, -0.1) is 0 Å². The number of ether oxygens (including phenoxy) is 1. The van der Waals surface area contributed by atoms with Gasteiger partial charge in [0.25, 0.3) is 0 Å². The van der Waals surface area contributed by atoms with E-state index in [1.54, 1.807) is 12.1 Å². The molecule has 0 atom stereocenters. The van der Waals surface area contributed by atoms with Gasteiger partial charge < -0.3 is 4.74 Å². The summed E-state index contributed by atoms with van der Waals surface area (Å²) >= 11 is 0. The summed E-state index contributed by atoms with van der Waals surface area (Å²) in [5.41, 5.74) is 0.946. The molecule has 0 amide bonds. The molecule has 82 valence electrons. The van der Waals surface area contributed by atoms with E-state index in [0.29, 0.717) is 16.9 Å². The molecule has 3 heteroatoms. The van der Waals surface area contributed by atoms with Crippen LogP contribution in [0.1, 0.15) is 0 Å². The van der Waals surface area contributed by atoms with Crippen molar-refractivity contribution in [1.82, 2.24) is 0 Å². The number of rotatable bonds is 2. The van der Waals surface area contributed by atoms with Crippen molar-refractivity contribution in [2.24, 2.45) is 0 Å².